The van der Waals surface area contributed by atoms with Gasteiger partial charge in [0.2, 0.25) is 15.9 Å². The molecule has 0 bridgehead atoms. The molecule has 5 nitrogen and oxygen atoms in total. The van der Waals surface area contributed by atoms with Crippen LogP contribution in [0.5, 0.6) is 0 Å². The lowest BCUT2D eigenvalue weighted by molar-refractivity contribution is -0.116. The lowest BCUT2D eigenvalue weighted by Crippen LogP contribution is -2.38. The van der Waals surface area contributed by atoms with Gasteiger partial charge in [-0.05, 0) is 56.5 Å². The molecule has 3 aromatic rings. The Balaban J connectivity index is 1.98. The monoisotopic (exact) mass is 472 g/mol. The number of carbonyl (C=O) groups is 1. The van der Waals surface area contributed by atoms with E-state index in [0.717, 1.165) is 33.6 Å². The summed E-state index contributed by atoms with van der Waals surface area (Å²) in [5.41, 5.74) is 3.41. The Kier molecular flexibility index (Phi) is 7.29. The largest absolute Gasteiger partial charge is 0.322 e. The van der Waals surface area contributed by atoms with Crippen LogP contribution in [-0.2, 0) is 21.4 Å². The number of hydrogen-bond donors (Lipinski definition) is 1. The average molecular weight is 473 g/mol. The molecule has 0 aliphatic heterocycles. The van der Waals surface area contributed by atoms with E-state index in [1.165, 1.54) is 0 Å². The highest BCUT2D eigenvalue weighted by atomic mass is 32.2. The van der Waals surface area contributed by atoms with Gasteiger partial charge in [0, 0.05) is 12.6 Å². The van der Waals surface area contributed by atoms with Gasteiger partial charge in [-0.1, -0.05) is 47.5 Å². The highest BCUT2D eigenvalue weighted by molar-refractivity contribution is 7.89. The molecule has 0 radical (unpaired) electrons. The molecular formula is C25H26F2N2O3S. The van der Waals surface area contributed by atoms with Crippen molar-refractivity contribution in [2.24, 2.45) is 0 Å². The van der Waals surface area contributed by atoms with Crippen molar-refractivity contribution in [3.8, 4) is 0 Å². The Morgan fingerprint density at radius 1 is 0.879 bits per heavy atom. The summed E-state index contributed by atoms with van der Waals surface area (Å²) in [6, 6.07) is 13.5. The molecule has 0 saturated carbocycles. The number of anilines is 1. The van der Waals surface area contributed by atoms with Crippen LogP contribution in [0.4, 0.5) is 14.5 Å². The molecule has 174 valence electrons. The van der Waals surface area contributed by atoms with Crippen molar-refractivity contribution in [2.45, 2.75) is 39.1 Å². The lowest BCUT2D eigenvalue weighted by atomic mass is 10.1. The number of rotatable bonds is 7. The van der Waals surface area contributed by atoms with Gasteiger partial charge in [-0.2, -0.15) is 4.31 Å². The molecule has 0 aliphatic carbocycles. The van der Waals surface area contributed by atoms with E-state index in [1.807, 2.05) is 26.0 Å². The standard InChI is InChI=1S/C25H26F2N2O3S/c1-16-5-7-20(8-6-16)14-29(15-24(30)28-23-13-21(26)9-10-22(23)27)33(31,32)25-18(3)11-17(2)12-19(25)4/h5-13H,14-15H2,1-4H3,(H,28,30). The number of hydrogen-bond acceptors (Lipinski definition) is 3. The fourth-order valence-corrected chi connectivity index (χ4v) is 5.56. The summed E-state index contributed by atoms with van der Waals surface area (Å²) in [4.78, 5) is 12.9. The summed E-state index contributed by atoms with van der Waals surface area (Å²) in [6.07, 6.45) is 0. The van der Waals surface area contributed by atoms with Crippen LogP contribution in [0.1, 0.15) is 27.8 Å². The average Bonchev–Trinajstić information content (AvgIpc) is 2.71. The van der Waals surface area contributed by atoms with Crippen molar-refractivity contribution in [3.63, 3.8) is 0 Å². The van der Waals surface area contributed by atoms with Crippen molar-refractivity contribution in [1.82, 2.24) is 4.31 Å². The highest BCUT2D eigenvalue weighted by Gasteiger charge is 2.30. The zero-order valence-electron chi connectivity index (χ0n) is 18.9. The van der Waals surface area contributed by atoms with E-state index in [2.05, 4.69) is 5.32 Å². The van der Waals surface area contributed by atoms with Gasteiger partial charge in [-0.25, -0.2) is 17.2 Å². The third-order valence-electron chi connectivity index (χ3n) is 5.20. The van der Waals surface area contributed by atoms with Gasteiger partial charge < -0.3 is 5.32 Å². The van der Waals surface area contributed by atoms with Crippen LogP contribution in [-0.4, -0.2) is 25.2 Å². The smallest absolute Gasteiger partial charge is 0.244 e. The Morgan fingerprint density at radius 3 is 2.09 bits per heavy atom. The summed E-state index contributed by atoms with van der Waals surface area (Å²) in [7, 11) is -4.09. The number of carbonyl (C=O) groups excluding carboxylic acids is 1. The molecule has 0 spiro atoms. The second kappa shape index (κ2) is 9.80. The molecule has 1 N–H and O–H groups in total. The minimum atomic E-state index is -4.09. The van der Waals surface area contributed by atoms with E-state index in [9.17, 15) is 22.0 Å². The molecule has 33 heavy (non-hydrogen) atoms. The maximum atomic E-state index is 14.0. The first kappa shape index (κ1) is 24.5. The molecule has 0 aromatic heterocycles. The molecule has 3 rings (SSSR count). The van der Waals surface area contributed by atoms with Gasteiger partial charge >= 0.3 is 0 Å². The maximum Gasteiger partial charge on any atom is 0.244 e. The van der Waals surface area contributed by atoms with E-state index in [-0.39, 0.29) is 17.1 Å². The fraction of sp³-hybridized carbons (Fsp3) is 0.240. The molecule has 3 aromatic carbocycles. The fourth-order valence-electron chi connectivity index (χ4n) is 3.77. The molecule has 0 fully saturated rings. The van der Waals surface area contributed by atoms with Gasteiger partial charge in [0.15, 0.2) is 0 Å². The van der Waals surface area contributed by atoms with Crippen LogP contribution in [0.25, 0.3) is 0 Å². The predicted octanol–water partition coefficient (Wildman–Crippen LogP) is 5.03. The summed E-state index contributed by atoms with van der Waals surface area (Å²) in [5.74, 6) is -2.32. The zero-order valence-corrected chi connectivity index (χ0v) is 19.8. The van der Waals surface area contributed by atoms with Crippen LogP contribution >= 0.6 is 0 Å². The summed E-state index contributed by atoms with van der Waals surface area (Å²) >= 11 is 0. The molecular weight excluding hydrogens is 446 g/mol. The molecule has 0 unspecified atom stereocenters. The molecule has 0 heterocycles. The molecule has 1 amide bonds. The normalized spacial score (nSPS) is 11.6. The van der Waals surface area contributed by atoms with Gasteiger partial charge in [0.25, 0.3) is 0 Å². The van der Waals surface area contributed by atoms with Gasteiger partial charge in [-0.3, -0.25) is 4.79 Å². The number of nitrogens with zero attached hydrogens (tertiary/aromatic N) is 1. The Labute approximate surface area is 193 Å². The van der Waals surface area contributed by atoms with E-state index < -0.39 is 34.1 Å². The van der Waals surface area contributed by atoms with Crippen molar-refractivity contribution >= 4 is 21.6 Å². The van der Waals surface area contributed by atoms with Crippen LogP contribution in [0, 0.1) is 39.3 Å². The maximum absolute atomic E-state index is 14.0. The molecule has 0 aliphatic rings. The third kappa shape index (κ3) is 5.83. The number of aryl methyl sites for hydroxylation is 4. The quantitative estimate of drug-likeness (QED) is 0.525. The third-order valence-corrected chi connectivity index (χ3v) is 7.30. The molecule has 0 atom stereocenters. The lowest BCUT2D eigenvalue weighted by Gasteiger charge is -2.24. The summed E-state index contributed by atoms with van der Waals surface area (Å²) in [5, 5.41) is 2.28. The van der Waals surface area contributed by atoms with E-state index in [0.29, 0.717) is 16.7 Å². The van der Waals surface area contributed by atoms with Gasteiger partial charge in [0.05, 0.1) is 17.1 Å². The molecule has 8 heteroatoms. The van der Waals surface area contributed by atoms with Crippen molar-refractivity contribution in [2.75, 3.05) is 11.9 Å². The van der Waals surface area contributed by atoms with E-state index in [1.54, 1.807) is 38.1 Å². The number of halogens is 2. The minimum absolute atomic E-state index is 0.0611. The number of amides is 1. The van der Waals surface area contributed by atoms with E-state index in [4.69, 9.17) is 0 Å². The van der Waals surface area contributed by atoms with Crippen molar-refractivity contribution < 1.29 is 22.0 Å². The van der Waals surface area contributed by atoms with Gasteiger partial charge in [-0.15, -0.1) is 0 Å². The van der Waals surface area contributed by atoms with Crippen LogP contribution in [0.15, 0.2) is 59.5 Å². The summed E-state index contributed by atoms with van der Waals surface area (Å²) < 4.78 is 55.9. The van der Waals surface area contributed by atoms with Crippen LogP contribution < -0.4 is 5.32 Å². The number of sulfonamides is 1. The highest BCUT2D eigenvalue weighted by Crippen LogP contribution is 2.27. The van der Waals surface area contributed by atoms with Gasteiger partial charge in [0.1, 0.15) is 11.6 Å². The van der Waals surface area contributed by atoms with Crippen LogP contribution in [0.2, 0.25) is 0 Å². The first-order valence-electron chi connectivity index (χ1n) is 10.4. The Morgan fingerprint density at radius 2 is 1.48 bits per heavy atom. The van der Waals surface area contributed by atoms with E-state index >= 15 is 0 Å². The topological polar surface area (TPSA) is 66.5 Å². The zero-order chi connectivity index (χ0) is 24.3. The van der Waals surface area contributed by atoms with Crippen molar-refractivity contribution in [3.05, 3.63) is 94.0 Å². The number of nitrogens with one attached hydrogen (secondary N) is 1. The second-order valence-electron chi connectivity index (χ2n) is 8.16. The first-order chi connectivity index (χ1) is 15.5. The Hall–Kier alpha value is -3.10. The summed E-state index contributed by atoms with van der Waals surface area (Å²) in [6.45, 7) is 6.57. The van der Waals surface area contributed by atoms with Crippen LogP contribution in [0.3, 0.4) is 0 Å². The van der Waals surface area contributed by atoms with Crippen molar-refractivity contribution in [1.29, 1.82) is 0 Å². The molecule has 0 saturated heterocycles. The Bertz CT molecular complexity index is 1270. The minimum Gasteiger partial charge on any atom is -0.322 e. The number of benzene rings is 3. The SMILES string of the molecule is Cc1ccc(CN(CC(=O)Nc2cc(F)ccc2F)S(=O)(=O)c2c(C)cc(C)cc2C)cc1. The predicted molar refractivity (Wildman–Crippen MR) is 124 cm³/mol. The second-order valence-corrected chi connectivity index (χ2v) is 10.0. The first-order valence-corrected chi connectivity index (χ1v) is 11.8.